The number of nitrogens with two attached hydrogens (primary N) is 1. The first-order chi connectivity index (χ1) is 14.0. The van der Waals surface area contributed by atoms with E-state index in [2.05, 4.69) is 10.3 Å². The largest absolute Gasteiger partial charge is 0.496 e. The van der Waals surface area contributed by atoms with E-state index in [0.717, 1.165) is 28.5 Å². The number of aromatic nitrogens is 1. The van der Waals surface area contributed by atoms with Gasteiger partial charge in [0.15, 0.2) is 0 Å². The molecular weight excluding hydrogens is 370 g/mol. The van der Waals surface area contributed by atoms with Gasteiger partial charge in [-0.25, -0.2) is 0 Å². The fourth-order valence-electron chi connectivity index (χ4n) is 3.88. The predicted octanol–water partition coefficient (Wildman–Crippen LogP) is 2.44. The lowest BCUT2D eigenvalue weighted by atomic mass is 9.90. The number of amides is 2. The second-order valence-electron chi connectivity index (χ2n) is 7.13. The number of hydrogen-bond acceptors (Lipinski definition) is 4. The first kappa shape index (κ1) is 18.7. The summed E-state index contributed by atoms with van der Waals surface area (Å²) < 4.78 is 5.43. The molecule has 7 heteroatoms. The average Bonchev–Trinajstić information content (AvgIpc) is 2.72. The maximum atomic E-state index is 13.1. The zero-order valence-corrected chi connectivity index (χ0v) is 16.0. The maximum Gasteiger partial charge on any atom is 0.261 e. The van der Waals surface area contributed by atoms with Crippen LogP contribution in [0.1, 0.15) is 50.9 Å². The molecule has 1 unspecified atom stereocenters. The van der Waals surface area contributed by atoms with Crippen molar-refractivity contribution in [2.24, 2.45) is 5.73 Å². The SMILES string of the molecule is COc1cc2ccccc2cc1C(=O)NC1CCCc2[nH]c(=O)c(C(N)=O)cc21. The number of carbonyl (C=O) groups excluding carboxylic acids is 2. The van der Waals surface area contributed by atoms with Crippen molar-refractivity contribution in [2.75, 3.05) is 7.11 Å². The van der Waals surface area contributed by atoms with E-state index in [0.29, 0.717) is 24.2 Å². The Hall–Kier alpha value is -3.61. The number of primary amides is 1. The van der Waals surface area contributed by atoms with Crippen molar-refractivity contribution in [1.29, 1.82) is 0 Å². The van der Waals surface area contributed by atoms with Crippen LogP contribution in [0.4, 0.5) is 0 Å². The number of hydrogen-bond donors (Lipinski definition) is 3. The zero-order chi connectivity index (χ0) is 20.5. The second-order valence-corrected chi connectivity index (χ2v) is 7.13. The Labute approximate surface area is 166 Å². The Balaban J connectivity index is 1.70. The molecule has 1 aromatic heterocycles. The van der Waals surface area contributed by atoms with Gasteiger partial charge in [-0.2, -0.15) is 0 Å². The molecule has 0 fully saturated rings. The summed E-state index contributed by atoms with van der Waals surface area (Å²) >= 11 is 0. The summed E-state index contributed by atoms with van der Waals surface area (Å²) in [6.07, 6.45) is 2.17. The monoisotopic (exact) mass is 391 g/mol. The van der Waals surface area contributed by atoms with Gasteiger partial charge in [-0.05, 0) is 53.8 Å². The minimum absolute atomic E-state index is 0.104. The number of carbonyl (C=O) groups is 2. The van der Waals surface area contributed by atoms with Gasteiger partial charge in [0.2, 0.25) is 0 Å². The van der Waals surface area contributed by atoms with E-state index in [1.54, 1.807) is 6.07 Å². The third-order valence-electron chi connectivity index (χ3n) is 5.34. The average molecular weight is 391 g/mol. The van der Waals surface area contributed by atoms with Crippen molar-refractivity contribution in [1.82, 2.24) is 10.3 Å². The summed E-state index contributed by atoms with van der Waals surface area (Å²) in [6.45, 7) is 0. The molecule has 0 spiro atoms. The fraction of sp³-hybridized carbons (Fsp3) is 0.227. The van der Waals surface area contributed by atoms with Crippen molar-refractivity contribution < 1.29 is 14.3 Å². The van der Waals surface area contributed by atoms with Crippen molar-refractivity contribution >= 4 is 22.6 Å². The number of methoxy groups -OCH3 is 1. The van der Waals surface area contributed by atoms with Crippen LogP contribution in [0.25, 0.3) is 10.8 Å². The number of ether oxygens (including phenoxy) is 1. The molecule has 1 atom stereocenters. The fourth-order valence-corrected chi connectivity index (χ4v) is 3.88. The van der Waals surface area contributed by atoms with Crippen molar-refractivity contribution in [3.05, 3.63) is 75.2 Å². The third kappa shape index (κ3) is 3.47. The number of fused-ring (bicyclic) bond motifs is 2. The Kier molecular flexibility index (Phi) is 4.80. The number of H-pyrrole nitrogens is 1. The van der Waals surface area contributed by atoms with Crippen LogP contribution in [0, 0.1) is 0 Å². The lowest BCUT2D eigenvalue weighted by molar-refractivity contribution is 0.0929. The summed E-state index contributed by atoms with van der Waals surface area (Å²) in [6, 6.07) is 12.5. The molecule has 2 amide bonds. The van der Waals surface area contributed by atoms with Gasteiger partial charge >= 0.3 is 0 Å². The number of aromatic amines is 1. The molecule has 4 rings (SSSR count). The molecule has 4 N–H and O–H groups in total. The Bertz CT molecular complexity index is 1180. The van der Waals surface area contributed by atoms with Crippen molar-refractivity contribution in [3.8, 4) is 5.75 Å². The first-order valence-electron chi connectivity index (χ1n) is 9.41. The van der Waals surface area contributed by atoms with E-state index >= 15 is 0 Å². The van der Waals surface area contributed by atoms with E-state index in [1.807, 2.05) is 30.3 Å². The highest BCUT2D eigenvalue weighted by Crippen LogP contribution is 2.30. The van der Waals surface area contributed by atoms with Crippen LogP contribution in [0.2, 0.25) is 0 Å². The first-order valence-corrected chi connectivity index (χ1v) is 9.41. The minimum atomic E-state index is -0.791. The van der Waals surface area contributed by atoms with E-state index in [4.69, 9.17) is 10.5 Å². The van der Waals surface area contributed by atoms with Crippen LogP contribution < -0.4 is 21.3 Å². The van der Waals surface area contributed by atoms with Crippen LogP contribution in [0.15, 0.2) is 47.3 Å². The molecular formula is C22H21N3O4. The molecule has 29 heavy (non-hydrogen) atoms. The molecule has 0 bridgehead atoms. The topological polar surface area (TPSA) is 114 Å². The van der Waals surface area contributed by atoms with Crippen LogP contribution in [0.3, 0.4) is 0 Å². The van der Waals surface area contributed by atoms with Gasteiger partial charge in [-0.1, -0.05) is 24.3 Å². The molecule has 0 radical (unpaired) electrons. The predicted molar refractivity (Wildman–Crippen MR) is 109 cm³/mol. The molecule has 1 aliphatic carbocycles. The Morgan fingerprint density at radius 1 is 1.14 bits per heavy atom. The van der Waals surface area contributed by atoms with E-state index in [9.17, 15) is 14.4 Å². The normalized spacial score (nSPS) is 15.6. The lowest BCUT2D eigenvalue weighted by Gasteiger charge is -2.26. The molecule has 148 valence electrons. The molecule has 0 saturated heterocycles. The lowest BCUT2D eigenvalue weighted by Crippen LogP contribution is -2.34. The van der Waals surface area contributed by atoms with Gasteiger partial charge in [0.25, 0.3) is 17.4 Å². The van der Waals surface area contributed by atoms with Gasteiger partial charge in [0, 0.05) is 5.69 Å². The van der Waals surface area contributed by atoms with Gasteiger partial charge in [-0.3, -0.25) is 14.4 Å². The Morgan fingerprint density at radius 3 is 2.55 bits per heavy atom. The van der Waals surface area contributed by atoms with Gasteiger partial charge < -0.3 is 20.8 Å². The third-order valence-corrected chi connectivity index (χ3v) is 5.34. The number of nitrogens with one attached hydrogen (secondary N) is 2. The molecule has 1 aliphatic rings. The van der Waals surface area contributed by atoms with E-state index in [1.165, 1.54) is 13.2 Å². The number of benzene rings is 2. The van der Waals surface area contributed by atoms with E-state index < -0.39 is 11.5 Å². The molecule has 0 saturated carbocycles. The van der Waals surface area contributed by atoms with Crippen molar-refractivity contribution in [2.45, 2.75) is 25.3 Å². The summed E-state index contributed by atoms with van der Waals surface area (Å²) in [5, 5.41) is 4.94. The number of pyridine rings is 1. The zero-order valence-electron chi connectivity index (χ0n) is 16.0. The summed E-state index contributed by atoms with van der Waals surface area (Å²) in [5.74, 6) is -0.588. The number of aryl methyl sites for hydroxylation is 1. The van der Waals surface area contributed by atoms with E-state index in [-0.39, 0.29) is 17.5 Å². The quantitative estimate of drug-likeness (QED) is 0.634. The summed E-state index contributed by atoms with van der Waals surface area (Å²) in [4.78, 5) is 39.4. The van der Waals surface area contributed by atoms with Crippen LogP contribution >= 0.6 is 0 Å². The maximum absolute atomic E-state index is 13.1. The van der Waals surface area contributed by atoms with Crippen LogP contribution in [-0.4, -0.2) is 23.9 Å². The standard InChI is InChI=1S/C22H21N3O4/c1-29-19-10-13-6-3-2-5-12(13)9-15(19)21(27)24-17-7-4-8-18-14(17)11-16(20(23)26)22(28)25-18/h2-3,5-6,9-11,17H,4,7-8H2,1H3,(H2,23,26)(H,24,27)(H,25,28). The number of rotatable bonds is 4. The highest BCUT2D eigenvalue weighted by Gasteiger charge is 2.26. The van der Waals surface area contributed by atoms with Gasteiger partial charge in [0.05, 0.1) is 18.7 Å². The highest BCUT2D eigenvalue weighted by molar-refractivity contribution is 6.02. The molecule has 0 aliphatic heterocycles. The Morgan fingerprint density at radius 2 is 1.86 bits per heavy atom. The van der Waals surface area contributed by atoms with Gasteiger partial charge in [0.1, 0.15) is 11.3 Å². The van der Waals surface area contributed by atoms with Crippen molar-refractivity contribution in [3.63, 3.8) is 0 Å². The molecule has 1 heterocycles. The molecule has 3 aromatic rings. The second kappa shape index (κ2) is 7.43. The minimum Gasteiger partial charge on any atom is -0.496 e. The molecule has 2 aromatic carbocycles. The highest BCUT2D eigenvalue weighted by atomic mass is 16.5. The smallest absolute Gasteiger partial charge is 0.261 e. The van der Waals surface area contributed by atoms with Gasteiger partial charge in [-0.15, -0.1) is 0 Å². The molecule has 7 nitrogen and oxygen atoms in total. The summed E-state index contributed by atoms with van der Waals surface area (Å²) in [5.41, 5.74) is 6.58. The van der Waals surface area contributed by atoms with Crippen LogP contribution in [-0.2, 0) is 6.42 Å². The summed E-state index contributed by atoms with van der Waals surface area (Å²) in [7, 11) is 1.53. The van der Waals surface area contributed by atoms with Crippen LogP contribution in [0.5, 0.6) is 5.75 Å².